The van der Waals surface area contributed by atoms with Crippen LogP contribution >= 0.6 is 0 Å². The summed E-state index contributed by atoms with van der Waals surface area (Å²) in [6, 6.07) is 0. The summed E-state index contributed by atoms with van der Waals surface area (Å²) >= 11 is 0. The van der Waals surface area contributed by atoms with E-state index in [2.05, 4.69) is 19.2 Å². The number of carbonyl (C=O) groups is 1. The molecule has 1 N–H and O–H groups in total. The van der Waals surface area contributed by atoms with Crippen LogP contribution in [0.25, 0.3) is 0 Å². The largest absolute Gasteiger partial charge is 0.377 e. The van der Waals surface area contributed by atoms with Crippen LogP contribution in [0, 0.1) is 5.92 Å². The smallest absolute Gasteiger partial charge is 0.227 e. The Bertz CT molecular complexity index is 260. The van der Waals surface area contributed by atoms with Gasteiger partial charge in [-0.1, -0.05) is 0 Å². The number of amides is 1. The molecule has 0 aromatic heterocycles. The van der Waals surface area contributed by atoms with Crippen molar-refractivity contribution in [3.05, 3.63) is 0 Å². The van der Waals surface area contributed by atoms with Crippen LogP contribution in [0.2, 0.25) is 0 Å². The van der Waals surface area contributed by atoms with Crippen LogP contribution < -0.4 is 5.32 Å². The summed E-state index contributed by atoms with van der Waals surface area (Å²) in [5, 5.41) is 3.30. The average Bonchev–Trinajstić information content (AvgIpc) is 2.29. The van der Waals surface area contributed by atoms with Gasteiger partial charge in [0.2, 0.25) is 5.91 Å². The molecule has 2 saturated heterocycles. The predicted octanol–water partition coefficient (Wildman–Crippen LogP) is 0.623. The van der Waals surface area contributed by atoms with Crippen LogP contribution in [0.3, 0.4) is 0 Å². The van der Waals surface area contributed by atoms with E-state index in [0.717, 1.165) is 32.5 Å². The Morgan fingerprint density at radius 3 is 2.94 bits per heavy atom. The number of nitrogens with one attached hydrogen (secondary N) is 1. The number of piperidine rings is 1. The van der Waals surface area contributed by atoms with E-state index in [1.165, 1.54) is 0 Å². The molecule has 2 heterocycles. The van der Waals surface area contributed by atoms with Crippen LogP contribution in [0.1, 0.15) is 26.7 Å². The molecular formula is C12H22N2O2. The summed E-state index contributed by atoms with van der Waals surface area (Å²) in [6.07, 6.45) is 2.14. The molecule has 16 heavy (non-hydrogen) atoms. The summed E-state index contributed by atoms with van der Waals surface area (Å²) in [5.74, 6) is 0.478. The van der Waals surface area contributed by atoms with Gasteiger partial charge in [0.25, 0.3) is 0 Å². The molecule has 4 nitrogen and oxygen atoms in total. The van der Waals surface area contributed by atoms with Gasteiger partial charge in [0.15, 0.2) is 0 Å². The lowest BCUT2D eigenvalue weighted by molar-refractivity contribution is -0.151. The van der Waals surface area contributed by atoms with Gasteiger partial charge < -0.3 is 15.0 Å². The van der Waals surface area contributed by atoms with Crippen molar-refractivity contribution in [1.82, 2.24) is 10.2 Å². The van der Waals surface area contributed by atoms with E-state index in [9.17, 15) is 4.79 Å². The van der Waals surface area contributed by atoms with E-state index >= 15 is 0 Å². The van der Waals surface area contributed by atoms with E-state index in [0.29, 0.717) is 19.1 Å². The van der Waals surface area contributed by atoms with E-state index in [1.807, 2.05) is 4.90 Å². The van der Waals surface area contributed by atoms with Crippen molar-refractivity contribution in [2.75, 3.05) is 32.8 Å². The Hall–Kier alpha value is -0.610. The quantitative estimate of drug-likeness (QED) is 0.713. The van der Waals surface area contributed by atoms with Crippen LogP contribution in [0.5, 0.6) is 0 Å². The first-order valence-electron chi connectivity index (χ1n) is 6.21. The van der Waals surface area contributed by atoms with E-state index < -0.39 is 0 Å². The van der Waals surface area contributed by atoms with Crippen LogP contribution in [0.4, 0.5) is 0 Å². The second-order valence-electron chi connectivity index (χ2n) is 5.40. The maximum Gasteiger partial charge on any atom is 0.227 e. The molecule has 4 heteroatoms. The van der Waals surface area contributed by atoms with Gasteiger partial charge in [0.1, 0.15) is 0 Å². The fourth-order valence-electron chi connectivity index (χ4n) is 2.55. The van der Waals surface area contributed by atoms with Crippen LogP contribution in [-0.2, 0) is 9.53 Å². The highest BCUT2D eigenvalue weighted by molar-refractivity contribution is 5.80. The standard InChI is InChI=1S/C12H22N2O2/c1-12(2)9-16-7-6-14(12)11(15)10-4-3-5-13-8-10/h10,13H,3-9H2,1-2H3/t10-/m0/s1. The van der Waals surface area contributed by atoms with E-state index in [4.69, 9.17) is 4.74 Å². The number of morpholine rings is 1. The number of rotatable bonds is 1. The molecule has 0 saturated carbocycles. The van der Waals surface area contributed by atoms with Gasteiger partial charge in [0, 0.05) is 13.1 Å². The molecular weight excluding hydrogens is 204 g/mol. The van der Waals surface area contributed by atoms with E-state index in [-0.39, 0.29) is 11.5 Å². The van der Waals surface area contributed by atoms with Gasteiger partial charge in [-0.05, 0) is 33.2 Å². The Kier molecular flexibility index (Phi) is 3.50. The normalized spacial score (nSPS) is 30.1. The fraction of sp³-hybridized carbons (Fsp3) is 0.917. The topological polar surface area (TPSA) is 41.6 Å². The van der Waals surface area contributed by atoms with Gasteiger partial charge in [-0.2, -0.15) is 0 Å². The first-order valence-corrected chi connectivity index (χ1v) is 6.21. The van der Waals surface area contributed by atoms with Crippen molar-refractivity contribution in [2.45, 2.75) is 32.2 Å². The molecule has 0 unspecified atom stereocenters. The van der Waals surface area contributed by atoms with Crippen molar-refractivity contribution < 1.29 is 9.53 Å². The van der Waals surface area contributed by atoms with Gasteiger partial charge in [-0.25, -0.2) is 0 Å². The second-order valence-corrected chi connectivity index (χ2v) is 5.40. The van der Waals surface area contributed by atoms with Crippen molar-refractivity contribution in [2.24, 2.45) is 5.92 Å². The first-order chi connectivity index (χ1) is 7.61. The molecule has 2 fully saturated rings. The number of nitrogens with zero attached hydrogens (tertiary/aromatic N) is 1. The summed E-state index contributed by atoms with van der Waals surface area (Å²) in [5.41, 5.74) is -0.146. The first kappa shape index (κ1) is 11.9. The zero-order valence-electron chi connectivity index (χ0n) is 10.3. The van der Waals surface area contributed by atoms with Crippen LogP contribution in [-0.4, -0.2) is 49.2 Å². The molecule has 2 rings (SSSR count). The van der Waals surface area contributed by atoms with E-state index in [1.54, 1.807) is 0 Å². The van der Waals surface area contributed by atoms with Gasteiger partial charge in [-0.15, -0.1) is 0 Å². The molecule has 0 aromatic carbocycles. The molecule has 92 valence electrons. The molecule has 0 spiro atoms. The maximum atomic E-state index is 12.4. The molecule has 2 aliphatic rings. The summed E-state index contributed by atoms with van der Waals surface area (Å²) in [7, 11) is 0. The Balaban J connectivity index is 2.01. The maximum absolute atomic E-state index is 12.4. The lowest BCUT2D eigenvalue weighted by atomic mass is 9.94. The Labute approximate surface area is 97.3 Å². The molecule has 0 aromatic rings. The van der Waals surface area contributed by atoms with Gasteiger partial charge in [0.05, 0.1) is 24.7 Å². The lowest BCUT2D eigenvalue weighted by Crippen LogP contribution is -2.58. The third-order valence-corrected chi connectivity index (χ3v) is 3.56. The summed E-state index contributed by atoms with van der Waals surface area (Å²) in [4.78, 5) is 14.4. The summed E-state index contributed by atoms with van der Waals surface area (Å²) in [6.45, 7) is 8.12. The average molecular weight is 226 g/mol. The minimum Gasteiger partial charge on any atom is -0.377 e. The lowest BCUT2D eigenvalue weighted by Gasteiger charge is -2.44. The van der Waals surface area contributed by atoms with Crippen molar-refractivity contribution >= 4 is 5.91 Å². The summed E-state index contributed by atoms with van der Waals surface area (Å²) < 4.78 is 5.44. The Morgan fingerprint density at radius 2 is 2.31 bits per heavy atom. The fourth-order valence-corrected chi connectivity index (χ4v) is 2.55. The van der Waals surface area contributed by atoms with Crippen molar-refractivity contribution in [1.29, 1.82) is 0 Å². The number of hydrogen-bond acceptors (Lipinski definition) is 3. The highest BCUT2D eigenvalue weighted by Gasteiger charge is 2.37. The highest BCUT2D eigenvalue weighted by Crippen LogP contribution is 2.23. The highest BCUT2D eigenvalue weighted by atomic mass is 16.5. The Morgan fingerprint density at radius 1 is 1.50 bits per heavy atom. The van der Waals surface area contributed by atoms with Gasteiger partial charge in [-0.3, -0.25) is 4.79 Å². The zero-order valence-corrected chi connectivity index (χ0v) is 10.3. The molecule has 1 atom stereocenters. The van der Waals surface area contributed by atoms with Crippen molar-refractivity contribution in [3.8, 4) is 0 Å². The number of carbonyl (C=O) groups excluding carboxylic acids is 1. The molecule has 0 aliphatic carbocycles. The molecule has 2 aliphatic heterocycles. The zero-order chi connectivity index (χ0) is 11.6. The van der Waals surface area contributed by atoms with Crippen LogP contribution in [0.15, 0.2) is 0 Å². The minimum absolute atomic E-state index is 0.146. The third kappa shape index (κ3) is 2.38. The SMILES string of the molecule is CC1(C)COCCN1C(=O)[C@H]1CCCNC1. The molecule has 0 bridgehead atoms. The minimum atomic E-state index is -0.146. The number of hydrogen-bond donors (Lipinski definition) is 1. The predicted molar refractivity (Wildman–Crippen MR) is 62.2 cm³/mol. The molecule has 0 radical (unpaired) electrons. The molecule has 1 amide bonds. The monoisotopic (exact) mass is 226 g/mol. The number of ether oxygens (including phenoxy) is 1. The third-order valence-electron chi connectivity index (χ3n) is 3.56. The van der Waals surface area contributed by atoms with Crippen molar-refractivity contribution in [3.63, 3.8) is 0 Å². The second kappa shape index (κ2) is 4.72. The van der Waals surface area contributed by atoms with Gasteiger partial charge >= 0.3 is 0 Å².